The monoisotopic (exact) mass is 382 g/mol. The van der Waals surface area contributed by atoms with Crippen molar-refractivity contribution in [2.24, 2.45) is 0 Å². The maximum atomic E-state index is 12.3. The van der Waals surface area contributed by atoms with Crippen LogP contribution in [0, 0.1) is 0 Å². The molecular weight excluding hydrogens is 364 g/mol. The molecule has 0 aliphatic carbocycles. The van der Waals surface area contributed by atoms with Gasteiger partial charge in [0, 0.05) is 6.07 Å². The summed E-state index contributed by atoms with van der Waals surface area (Å²) in [5.41, 5.74) is 1.40. The van der Waals surface area contributed by atoms with Crippen molar-refractivity contribution in [2.45, 2.75) is 5.75 Å². The van der Waals surface area contributed by atoms with Gasteiger partial charge in [-0.25, -0.2) is 16.8 Å². The summed E-state index contributed by atoms with van der Waals surface area (Å²) in [6.07, 6.45) is 1.12. The molecular formula is C16H18N2O5S2. The molecule has 0 radical (unpaired) electrons. The van der Waals surface area contributed by atoms with Crippen LogP contribution in [-0.2, 0) is 25.8 Å². The lowest BCUT2D eigenvalue weighted by Crippen LogP contribution is -2.37. The van der Waals surface area contributed by atoms with Crippen LogP contribution in [0.4, 0.5) is 11.4 Å². The number of hydrogen-bond donors (Lipinski definition) is 1. The molecule has 0 fully saturated rings. The Balaban J connectivity index is 1.83. The van der Waals surface area contributed by atoms with Gasteiger partial charge in [0.1, 0.15) is 12.4 Å². The van der Waals surface area contributed by atoms with E-state index in [-0.39, 0.29) is 18.9 Å². The zero-order chi connectivity index (χ0) is 18.1. The van der Waals surface area contributed by atoms with Crippen molar-refractivity contribution in [3.63, 3.8) is 0 Å². The first-order valence-electron chi connectivity index (χ1n) is 7.54. The molecule has 9 heteroatoms. The van der Waals surface area contributed by atoms with Crippen LogP contribution < -0.4 is 13.8 Å². The van der Waals surface area contributed by atoms with E-state index in [1.165, 1.54) is 22.5 Å². The number of rotatable bonds is 5. The Labute approximate surface area is 147 Å². The Morgan fingerprint density at radius 2 is 1.80 bits per heavy atom. The van der Waals surface area contributed by atoms with Gasteiger partial charge in [-0.2, -0.15) is 0 Å². The van der Waals surface area contributed by atoms with E-state index in [9.17, 15) is 16.8 Å². The average molecular weight is 382 g/mol. The Hall–Kier alpha value is -2.26. The molecule has 2 aromatic carbocycles. The van der Waals surface area contributed by atoms with Crippen LogP contribution in [0.3, 0.4) is 0 Å². The van der Waals surface area contributed by atoms with E-state index < -0.39 is 20.0 Å². The highest BCUT2D eigenvalue weighted by Crippen LogP contribution is 2.35. The first-order chi connectivity index (χ1) is 11.7. The number of benzene rings is 2. The standard InChI is InChI=1S/C16H18N2O5S2/c1-24(19,20)18-9-10-23-16-11-14(7-8-15(16)18)17-25(21,22)12-13-5-3-2-4-6-13/h2-8,11,17H,9-10,12H2,1H3. The minimum absolute atomic E-state index is 0.152. The van der Waals surface area contributed by atoms with E-state index in [1.807, 2.05) is 6.07 Å². The van der Waals surface area contributed by atoms with E-state index >= 15 is 0 Å². The third-order valence-corrected chi connectivity index (χ3v) is 6.09. The predicted octanol–water partition coefficient (Wildman–Crippen LogP) is 1.79. The summed E-state index contributed by atoms with van der Waals surface area (Å²) in [6, 6.07) is 13.4. The lowest BCUT2D eigenvalue weighted by molar-refractivity contribution is 0.316. The van der Waals surface area contributed by atoms with Gasteiger partial charge < -0.3 is 4.74 Å². The van der Waals surface area contributed by atoms with Crippen molar-refractivity contribution in [2.75, 3.05) is 28.4 Å². The van der Waals surface area contributed by atoms with Gasteiger partial charge in [0.05, 0.1) is 29.9 Å². The van der Waals surface area contributed by atoms with E-state index in [2.05, 4.69) is 4.72 Å². The lowest BCUT2D eigenvalue weighted by atomic mass is 10.2. The van der Waals surface area contributed by atoms with Crippen molar-refractivity contribution < 1.29 is 21.6 Å². The van der Waals surface area contributed by atoms with Crippen LogP contribution in [-0.4, -0.2) is 36.2 Å². The summed E-state index contributed by atoms with van der Waals surface area (Å²) < 4.78 is 57.5. The largest absolute Gasteiger partial charge is 0.489 e. The molecule has 0 spiro atoms. The van der Waals surface area contributed by atoms with Gasteiger partial charge >= 0.3 is 0 Å². The van der Waals surface area contributed by atoms with Gasteiger partial charge in [-0.3, -0.25) is 9.03 Å². The molecule has 3 rings (SSSR count). The molecule has 1 aliphatic rings. The van der Waals surface area contributed by atoms with E-state index in [4.69, 9.17) is 4.74 Å². The molecule has 25 heavy (non-hydrogen) atoms. The van der Waals surface area contributed by atoms with Gasteiger partial charge in [-0.05, 0) is 17.7 Å². The fraction of sp³-hybridized carbons (Fsp3) is 0.250. The Kier molecular flexibility index (Phi) is 4.61. The molecule has 1 heterocycles. The van der Waals surface area contributed by atoms with Crippen molar-refractivity contribution in [3.8, 4) is 5.75 Å². The molecule has 7 nitrogen and oxygen atoms in total. The van der Waals surface area contributed by atoms with Crippen LogP contribution in [0.1, 0.15) is 5.56 Å². The normalized spacial score (nSPS) is 14.5. The molecule has 1 N–H and O–H groups in total. The zero-order valence-electron chi connectivity index (χ0n) is 13.5. The number of hydrogen-bond acceptors (Lipinski definition) is 5. The molecule has 0 atom stereocenters. The van der Waals surface area contributed by atoms with Crippen molar-refractivity contribution in [1.29, 1.82) is 0 Å². The molecule has 0 saturated heterocycles. The smallest absolute Gasteiger partial charge is 0.236 e. The van der Waals surface area contributed by atoms with Crippen molar-refractivity contribution in [1.82, 2.24) is 0 Å². The number of nitrogens with zero attached hydrogens (tertiary/aromatic N) is 1. The van der Waals surface area contributed by atoms with Gasteiger partial charge in [0.2, 0.25) is 20.0 Å². The van der Waals surface area contributed by atoms with Gasteiger partial charge in [0.25, 0.3) is 0 Å². The molecule has 0 amide bonds. The van der Waals surface area contributed by atoms with Crippen LogP contribution in [0.2, 0.25) is 0 Å². The van der Waals surface area contributed by atoms with E-state index in [0.29, 0.717) is 22.7 Å². The third kappa shape index (κ3) is 4.23. The second-order valence-electron chi connectivity index (χ2n) is 5.71. The molecule has 2 aromatic rings. The van der Waals surface area contributed by atoms with Crippen LogP contribution in [0.15, 0.2) is 48.5 Å². The van der Waals surface area contributed by atoms with Gasteiger partial charge in [0.15, 0.2) is 0 Å². The number of ether oxygens (including phenoxy) is 1. The first kappa shape index (κ1) is 17.6. The quantitative estimate of drug-likeness (QED) is 0.851. The number of fused-ring (bicyclic) bond motifs is 1. The van der Waals surface area contributed by atoms with Crippen molar-refractivity contribution in [3.05, 3.63) is 54.1 Å². The average Bonchev–Trinajstić information content (AvgIpc) is 2.53. The van der Waals surface area contributed by atoms with E-state index in [0.717, 1.165) is 6.26 Å². The van der Waals surface area contributed by atoms with E-state index in [1.54, 1.807) is 24.3 Å². The predicted molar refractivity (Wildman–Crippen MR) is 96.8 cm³/mol. The van der Waals surface area contributed by atoms with Crippen molar-refractivity contribution >= 4 is 31.4 Å². The summed E-state index contributed by atoms with van der Waals surface area (Å²) in [6.45, 7) is 0.436. The number of nitrogens with one attached hydrogen (secondary N) is 1. The fourth-order valence-electron chi connectivity index (χ4n) is 2.61. The third-order valence-electron chi connectivity index (χ3n) is 3.65. The Morgan fingerprint density at radius 1 is 1.08 bits per heavy atom. The van der Waals surface area contributed by atoms with Gasteiger partial charge in [-0.1, -0.05) is 30.3 Å². The second-order valence-corrected chi connectivity index (χ2v) is 9.34. The Morgan fingerprint density at radius 3 is 2.48 bits per heavy atom. The minimum atomic E-state index is -3.59. The zero-order valence-corrected chi connectivity index (χ0v) is 15.2. The first-order valence-corrected chi connectivity index (χ1v) is 11.0. The highest BCUT2D eigenvalue weighted by molar-refractivity contribution is 7.92. The summed E-state index contributed by atoms with van der Waals surface area (Å²) in [4.78, 5) is 0. The molecule has 134 valence electrons. The highest BCUT2D eigenvalue weighted by Gasteiger charge is 2.25. The Bertz CT molecular complexity index is 973. The van der Waals surface area contributed by atoms with Crippen LogP contribution in [0.25, 0.3) is 0 Å². The van der Waals surface area contributed by atoms with Crippen LogP contribution >= 0.6 is 0 Å². The molecule has 1 aliphatic heterocycles. The summed E-state index contributed by atoms with van der Waals surface area (Å²) in [5.74, 6) is 0.179. The SMILES string of the molecule is CS(=O)(=O)N1CCOc2cc(NS(=O)(=O)Cc3ccccc3)ccc21. The maximum Gasteiger partial charge on any atom is 0.236 e. The summed E-state index contributed by atoms with van der Waals surface area (Å²) in [5, 5.41) is 0. The molecule has 0 unspecified atom stereocenters. The van der Waals surface area contributed by atoms with Crippen LogP contribution in [0.5, 0.6) is 5.75 Å². The van der Waals surface area contributed by atoms with Gasteiger partial charge in [-0.15, -0.1) is 0 Å². The summed E-state index contributed by atoms with van der Waals surface area (Å²) >= 11 is 0. The lowest BCUT2D eigenvalue weighted by Gasteiger charge is -2.29. The molecule has 0 saturated carbocycles. The second kappa shape index (κ2) is 6.57. The molecule has 0 bridgehead atoms. The fourth-order valence-corrected chi connectivity index (χ4v) is 4.72. The maximum absolute atomic E-state index is 12.3. The topological polar surface area (TPSA) is 92.8 Å². The minimum Gasteiger partial charge on any atom is -0.489 e. The highest BCUT2D eigenvalue weighted by atomic mass is 32.2. The number of anilines is 2. The summed E-state index contributed by atoms with van der Waals surface area (Å²) in [7, 11) is -7.01. The molecule has 0 aromatic heterocycles. The number of sulfonamides is 2.